The van der Waals surface area contributed by atoms with E-state index in [9.17, 15) is 4.79 Å². The summed E-state index contributed by atoms with van der Waals surface area (Å²) >= 11 is 0. The quantitative estimate of drug-likeness (QED) is 0.892. The maximum absolute atomic E-state index is 11.2. The number of likely N-dealkylation sites (tertiary alicyclic amines) is 1. The number of piperidine rings is 1. The Morgan fingerprint density at radius 3 is 2.75 bits per heavy atom. The van der Waals surface area contributed by atoms with Gasteiger partial charge in [0.1, 0.15) is 6.61 Å². The number of ether oxygens (including phenoxy) is 1. The summed E-state index contributed by atoms with van der Waals surface area (Å²) in [6.07, 6.45) is 5.20. The molecular formula is C18H24ClN3O2. The Kier molecular flexibility index (Phi) is 5.13. The molecule has 3 heterocycles. The van der Waals surface area contributed by atoms with E-state index < -0.39 is 0 Å². The highest BCUT2D eigenvalue weighted by atomic mass is 35.5. The number of amides is 1. The second-order valence-corrected chi connectivity index (χ2v) is 6.70. The van der Waals surface area contributed by atoms with Crippen LogP contribution in [0.1, 0.15) is 18.4 Å². The fourth-order valence-electron chi connectivity index (χ4n) is 3.70. The molecule has 1 aromatic carbocycles. The number of aromatic amines is 1. The first-order valence-electron chi connectivity index (χ1n) is 8.42. The van der Waals surface area contributed by atoms with Crippen LogP contribution in [0.15, 0.2) is 30.5 Å². The molecule has 2 aliphatic rings. The number of H-pyrrole nitrogens is 1. The van der Waals surface area contributed by atoms with Gasteiger partial charge in [0.2, 0.25) is 5.91 Å². The number of morpholine rings is 1. The van der Waals surface area contributed by atoms with Gasteiger partial charge in [0, 0.05) is 43.3 Å². The molecule has 6 heteroatoms. The van der Waals surface area contributed by atoms with E-state index in [0.29, 0.717) is 6.54 Å². The van der Waals surface area contributed by atoms with Crippen LogP contribution in [0, 0.1) is 0 Å². The summed E-state index contributed by atoms with van der Waals surface area (Å²) in [6, 6.07) is 8.47. The minimum absolute atomic E-state index is 0. The van der Waals surface area contributed by atoms with E-state index >= 15 is 0 Å². The van der Waals surface area contributed by atoms with Gasteiger partial charge < -0.3 is 19.9 Å². The van der Waals surface area contributed by atoms with E-state index in [-0.39, 0.29) is 30.5 Å². The lowest BCUT2D eigenvalue weighted by Crippen LogP contribution is -2.57. The Hall–Kier alpha value is -1.56. The molecule has 0 bridgehead atoms. The van der Waals surface area contributed by atoms with Gasteiger partial charge in [0.15, 0.2) is 0 Å². The van der Waals surface area contributed by atoms with Gasteiger partial charge in [-0.2, -0.15) is 0 Å². The number of fused-ring (bicyclic) bond motifs is 1. The predicted molar refractivity (Wildman–Crippen MR) is 96.6 cm³/mol. The monoisotopic (exact) mass is 349 g/mol. The molecule has 0 unspecified atom stereocenters. The van der Waals surface area contributed by atoms with Crippen molar-refractivity contribution in [2.75, 3.05) is 32.8 Å². The Morgan fingerprint density at radius 1 is 1.21 bits per heavy atom. The summed E-state index contributed by atoms with van der Waals surface area (Å²) in [6.45, 7) is 4.04. The molecule has 4 rings (SSSR count). The Morgan fingerprint density at radius 2 is 2.00 bits per heavy atom. The van der Waals surface area contributed by atoms with Crippen LogP contribution in [0.2, 0.25) is 0 Å². The Bertz CT molecular complexity index is 695. The predicted octanol–water partition coefficient (Wildman–Crippen LogP) is 2.11. The summed E-state index contributed by atoms with van der Waals surface area (Å²) < 4.78 is 5.83. The molecule has 2 N–H and O–H groups in total. The van der Waals surface area contributed by atoms with E-state index in [2.05, 4.69) is 45.7 Å². The highest BCUT2D eigenvalue weighted by molar-refractivity contribution is 5.85. The van der Waals surface area contributed by atoms with Crippen LogP contribution in [-0.2, 0) is 16.0 Å². The standard InChI is InChI=1S/C18H23N3O2.ClH/c22-17-12-23-18(13-20-17)6-9-21(10-7-18)8-5-14-11-19-16-4-2-1-3-15(14)16;/h1-4,11,19H,5-10,12-13H2,(H,20,22);1H. The van der Waals surface area contributed by atoms with Crippen LogP contribution in [0.25, 0.3) is 10.9 Å². The van der Waals surface area contributed by atoms with Crippen LogP contribution in [0.4, 0.5) is 0 Å². The summed E-state index contributed by atoms with van der Waals surface area (Å²) in [5.41, 5.74) is 2.49. The topological polar surface area (TPSA) is 57.4 Å². The second kappa shape index (κ2) is 7.13. The number of hydrogen-bond donors (Lipinski definition) is 2. The lowest BCUT2D eigenvalue weighted by atomic mass is 9.90. The Labute approximate surface area is 148 Å². The average Bonchev–Trinajstić information content (AvgIpc) is 3.01. The van der Waals surface area contributed by atoms with Crippen molar-refractivity contribution in [3.63, 3.8) is 0 Å². The molecule has 0 radical (unpaired) electrons. The number of carbonyl (C=O) groups is 1. The van der Waals surface area contributed by atoms with Gasteiger partial charge >= 0.3 is 0 Å². The minimum atomic E-state index is -0.120. The van der Waals surface area contributed by atoms with Crippen LogP contribution in [0.3, 0.4) is 0 Å². The molecule has 2 aliphatic heterocycles. The van der Waals surface area contributed by atoms with E-state index in [1.807, 2.05) is 0 Å². The smallest absolute Gasteiger partial charge is 0.246 e. The van der Waals surface area contributed by atoms with Crippen molar-refractivity contribution in [1.29, 1.82) is 0 Å². The van der Waals surface area contributed by atoms with Gasteiger partial charge in [-0.25, -0.2) is 0 Å². The highest BCUT2D eigenvalue weighted by Crippen LogP contribution is 2.28. The summed E-state index contributed by atoms with van der Waals surface area (Å²) in [7, 11) is 0. The zero-order valence-corrected chi connectivity index (χ0v) is 14.5. The van der Waals surface area contributed by atoms with Crippen LogP contribution in [0.5, 0.6) is 0 Å². The second-order valence-electron chi connectivity index (χ2n) is 6.70. The first-order chi connectivity index (χ1) is 11.2. The van der Waals surface area contributed by atoms with Gasteiger partial charge in [-0.1, -0.05) is 18.2 Å². The molecule has 1 amide bonds. The van der Waals surface area contributed by atoms with Gasteiger partial charge in [-0.15, -0.1) is 12.4 Å². The third-order valence-corrected chi connectivity index (χ3v) is 5.26. The number of aromatic nitrogens is 1. The summed E-state index contributed by atoms with van der Waals surface area (Å²) in [5.74, 6) is 0.0115. The molecule has 5 nitrogen and oxygen atoms in total. The third-order valence-electron chi connectivity index (χ3n) is 5.26. The Balaban J connectivity index is 0.00000169. The first-order valence-corrected chi connectivity index (χ1v) is 8.42. The van der Waals surface area contributed by atoms with Crippen molar-refractivity contribution in [3.8, 4) is 0 Å². The van der Waals surface area contributed by atoms with Gasteiger partial charge in [0.25, 0.3) is 0 Å². The molecular weight excluding hydrogens is 326 g/mol. The van der Waals surface area contributed by atoms with E-state index in [0.717, 1.165) is 38.9 Å². The molecule has 0 aliphatic carbocycles. The van der Waals surface area contributed by atoms with E-state index in [1.165, 1.54) is 16.5 Å². The number of rotatable bonds is 3. The highest BCUT2D eigenvalue weighted by Gasteiger charge is 2.38. The fraction of sp³-hybridized carbons (Fsp3) is 0.500. The number of carbonyl (C=O) groups excluding carboxylic acids is 1. The first kappa shape index (κ1) is 17.3. The molecule has 0 saturated carbocycles. The summed E-state index contributed by atoms with van der Waals surface area (Å²) in [4.78, 5) is 17.1. The number of para-hydroxylation sites is 1. The number of benzene rings is 1. The molecule has 2 aromatic rings. The lowest BCUT2D eigenvalue weighted by Gasteiger charge is -2.43. The van der Waals surface area contributed by atoms with E-state index in [4.69, 9.17) is 4.74 Å². The SMILES string of the molecule is Cl.O=C1COC2(CCN(CCc3c[nH]c4ccccc34)CC2)CN1. The zero-order chi connectivity index (χ0) is 15.7. The van der Waals surface area contributed by atoms with Crippen molar-refractivity contribution < 1.29 is 9.53 Å². The largest absolute Gasteiger partial charge is 0.363 e. The fourth-order valence-corrected chi connectivity index (χ4v) is 3.70. The van der Waals surface area contributed by atoms with Crippen LogP contribution in [-0.4, -0.2) is 54.2 Å². The van der Waals surface area contributed by atoms with Crippen LogP contribution >= 0.6 is 12.4 Å². The molecule has 1 spiro atoms. The summed E-state index contributed by atoms with van der Waals surface area (Å²) in [5, 5.41) is 4.28. The normalized spacial score (nSPS) is 20.8. The number of halogens is 1. The molecule has 0 atom stereocenters. The molecule has 2 saturated heterocycles. The van der Waals surface area contributed by atoms with Crippen molar-refractivity contribution in [2.24, 2.45) is 0 Å². The maximum Gasteiger partial charge on any atom is 0.246 e. The van der Waals surface area contributed by atoms with Gasteiger partial charge in [-0.3, -0.25) is 4.79 Å². The zero-order valence-electron chi connectivity index (χ0n) is 13.7. The van der Waals surface area contributed by atoms with E-state index in [1.54, 1.807) is 0 Å². The molecule has 130 valence electrons. The lowest BCUT2D eigenvalue weighted by molar-refractivity contribution is -0.150. The number of nitrogens with zero attached hydrogens (tertiary/aromatic N) is 1. The van der Waals surface area contributed by atoms with Crippen molar-refractivity contribution in [2.45, 2.75) is 24.9 Å². The molecule has 2 fully saturated rings. The van der Waals surface area contributed by atoms with Crippen molar-refractivity contribution in [1.82, 2.24) is 15.2 Å². The molecule has 24 heavy (non-hydrogen) atoms. The van der Waals surface area contributed by atoms with Gasteiger partial charge in [-0.05, 0) is 30.9 Å². The molecule has 1 aromatic heterocycles. The van der Waals surface area contributed by atoms with Crippen molar-refractivity contribution in [3.05, 3.63) is 36.0 Å². The number of hydrogen-bond acceptors (Lipinski definition) is 3. The maximum atomic E-state index is 11.2. The van der Waals surface area contributed by atoms with Gasteiger partial charge in [0.05, 0.1) is 5.60 Å². The van der Waals surface area contributed by atoms with Crippen LogP contribution < -0.4 is 5.32 Å². The third kappa shape index (κ3) is 3.43. The minimum Gasteiger partial charge on any atom is -0.363 e. The average molecular weight is 350 g/mol. The number of nitrogens with one attached hydrogen (secondary N) is 2. The van der Waals surface area contributed by atoms with Crippen molar-refractivity contribution >= 4 is 29.2 Å².